The van der Waals surface area contributed by atoms with Crippen LogP contribution in [0.4, 0.5) is 0 Å². The summed E-state index contributed by atoms with van der Waals surface area (Å²) in [7, 11) is 1.61. The number of carbonyl (C=O) groups is 1. The topological polar surface area (TPSA) is 91.3 Å². The largest absolute Gasteiger partial charge is 0.472 e. The number of phosphoric ester groups is 1. The zero-order valence-corrected chi connectivity index (χ0v) is 38.8. The van der Waals surface area contributed by atoms with Crippen molar-refractivity contribution in [2.45, 2.75) is 148 Å². The fraction of sp³-hybridized carbons (Fsp3) is 0.620. The van der Waals surface area contributed by atoms with Crippen LogP contribution in [0.5, 0.6) is 0 Å². The van der Waals surface area contributed by atoms with Crippen LogP contribution < -0.4 is 0 Å². The standard InChI is InChI=1S/C50H84NO7P/c1-6-8-10-12-14-16-18-20-22-24-25-26-27-28-29-31-33-35-37-39-41-43-50(52)58-49(48-57-59(53,54)56-46-44-51(3,4)5)47-55-45-42-40-38-36-34-32-30-23-21-19-17-15-13-11-9-7-2/h8-11,14-17,20-23,25-26,28-29,32,34,49H,6-7,12-13,18-19,24,27,30-31,33,35-48H2,1-5H3/p+1/b10-8-,11-9-,16-14-,17-15-,22-20-,23-21-,26-25-,29-28-,34-32-. The Morgan fingerprint density at radius 3 is 1.39 bits per heavy atom. The number of esters is 1. The van der Waals surface area contributed by atoms with Crippen LogP contribution in [0.25, 0.3) is 0 Å². The van der Waals surface area contributed by atoms with Crippen molar-refractivity contribution in [3.05, 3.63) is 109 Å². The number of phosphoric acid groups is 1. The number of carbonyl (C=O) groups excluding carboxylic acids is 1. The molecule has 0 rings (SSSR count). The molecule has 336 valence electrons. The maximum Gasteiger partial charge on any atom is 0.472 e. The van der Waals surface area contributed by atoms with Gasteiger partial charge in [0.2, 0.25) is 0 Å². The number of hydrogen-bond donors (Lipinski definition) is 1. The predicted octanol–water partition coefficient (Wildman–Crippen LogP) is 13.6. The first kappa shape index (κ1) is 56.2. The van der Waals surface area contributed by atoms with Gasteiger partial charge in [0.1, 0.15) is 19.3 Å². The van der Waals surface area contributed by atoms with Gasteiger partial charge in [-0.2, -0.15) is 0 Å². The second-order valence-electron chi connectivity index (χ2n) is 15.7. The van der Waals surface area contributed by atoms with E-state index in [0.29, 0.717) is 24.1 Å². The van der Waals surface area contributed by atoms with Gasteiger partial charge in [-0.25, -0.2) is 4.57 Å². The number of nitrogens with zero attached hydrogens (tertiary/aromatic N) is 1. The molecular weight excluding hydrogens is 758 g/mol. The molecule has 0 bridgehead atoms. The van der Waals surface area contributed by atoms with Gasteiger partial charge in [0.25, 0.3) is 0 Å². The van der Waals surface area contributed by atoms with Crippen LogP contribution >= 0.6 is 7.82 Å². The Labute approximate surface area is 361 Å². The molecule has 0 amide bonds. The summed E-state index contributed by atoms with van der Waals surface area (Å²) in [6.07, 6.45) is 58.4. The van der Waals surface area contributed by atoms with Crippen LogP contribution in [0.2, 0.25) is 0 Å². The van der Waals surface area contributed by atoms with Crippen LogP contribution in [-0.4, -0.2) is 75.6 Å². The van der Waals surface area contributed by atoms with Crippen molar-refractivity contribution in [2.75, 3.05) is 54.1 Å². The smallest absolute Gasteiger partial charge is 0.457 e. The summed E-state index contributed by atoms with van der Waals surface area (Å²) in [5.41, 5.74) is 0. The van der Waals surface area contributed by atoms with E-state index in [0.717, 1.165) is 122 Å². The summed E-state index contributed by atoms with van der Waals surface area (Å²) in [5.74, 6) is -0.349. The van der Waals surface area contributed by atoms with Crippen LogP contribution in [0.3, 0.4) is 0 Å². The minimum absolute atomic E-state index is 0.0709. The lowest BCUT2D eigenvalue weighted by atomic mass is 10.1. The zero-order chi connectivity index (χ0) is 43.4. The number of ether oxygens (including phenoxy) is 2. The lowest BCUT2D eigenvalue weighted by molar-refractivity contribution is -0.870. The summed E-state index contributed by atoms with van der Waals surface area (Å²) in [6.45, 7) is 5.25. The van der Waals surface area contributed by atoms with E-state index in [9.17, 15) is 14.3 Å². The lowest BCUT2D eigenvalue weighted by Gasteiger charge is -2.24. The summed E-state index contributed by atoms with van der Waals surface area (Å²) in [5, 5.41) is 0. The van der Waals surface area contributed by atoms with E-state index in [-0.39, 0.29) is 25.8 Å². The van der Waals surface area contributed by atoms with Gasteiger partial charge in [-0.15, -0.1) is 0 Å². The molecule has 0 aliphatic rings. The Hall–Kier alpha value is -2.84. The maximum absolute atomic E-state index is 12.7. The Balaban J connectivity index is 4.35. The molecule has 0 aliphatic carbocycles. The van der Waals surface area contributed by atoms with E-state index >= 15 is 0 Å². The number of likely N-dealkylation sites (N-methyl/N-ethyl adjacent to an activating group) is 1. The molecule has 59 heavy (non-hydrogen) atoms. The van der Waals surface area contributed by atoms with Crippen molar-refractivity contribution < 1.29 is 37.3 Å². The highest BCUT2D eigenvalue weighted by atomic mass is 31.2. The van der Waals surface area contributed by atoms with E-state index in [1.165, 1.54) is 0 Å². The van der Waals surface area contributed by atoms with Gasteiger partial charge in [-0.05, 0) is 96.3 Å². The lowest BCUT2D eigenvalue weighted by Crippen LogP contribution is -2.37. The molecule has 0 saturated carbocycles. The summed E-state index contributed by atoms with van der Waals surface area (Å²) < 4.78 is 35.0. The Kier molecular flexibility index (Phi) is 39.9. The molecule has 0 aliphatic heterocycles. The summed E-state index contributed by atoms with van der Waals surface area (Å²) >= 11 is 0. The molecule has 0 aromatic carbocycles. The predicted molar refractivity (Wildman–Crippen MR) is 251 cm³/mol. The highest BCUT2D eigenvalue weighted by Gasteiger charge is 2.26. The van der Waals surface area contributed by atoms with E-state index in [2.05, 4.69) is 123 Å². The first-order chi connectivity index (χ1) is 28.6. The molecular formula is C50H85NO7P+. The molecule has 0 fully saturated rings. The normalized spacial score (nSPS) is 14.7. The third-order valence-electron chi connectivity index (χ3n) is 8.83. The van der Waals surface area contributed by atoms with Crippen LogP contribution in [0.15, 0.2) is 109 Å². The summed E-state index contributed by atoms with van der Waals surface area (Å²) in [4.78, 5) is 22.9. The molecule has 1 N–H and O–H groups in total. The second kappa shape index (κ2) is 41.9. The minimum Gasteiger partial charge on any atom is -0.457 e. The number of allylic oxidation sites excluding steroid dienone is 18. The van der Waals surface area contributed by atoms with Crippen LogP contribution in [-0.2, 0) is 27.9 Å². The summed E-state index contributed by atoms with van der Waals surface area (Å²) in [6, 6.07) is 0. The first-order valence-electron chi connectivity index (χ1n) is 22.6. The Bertz CT molecular complexity index is 1300. The molecule has 0 heterocycles. The quantitative estimate of drug-likeness (QED) is 0.0216. The molecule has 0 aromatic rings. The monoisotopic (exact) mass is 843 g/mol. The van der Waals surface area contributed by atoms with Crippen molar-refractivity contribution in [2.24, 2.45) is 0 Å². The second-order valence-corrected chi connectivity index (χ2v) is 17.1. The zero-order valence-electron chi connectivity index (χ0n) is 37.9. The van der Waals surface area contributed by atoms with Crippen molar-refractivity contribution >= 4 is 13.8 Å². The van der Waals surface area contributed by atoms with Crippen LogP contribution in [0.1, 0.15) is 142 Å². The van der Waals surface area contributed by atoms with Gasteiger partial charge in [0, 0.05) is 13.0 Å². The van der Waals surface area contributed by atoms with Gasteiger partial charge in [-0.3, -0.25) is 13.8 Å². The van der Waals surface area contributed by atoms with E-state index in [1.807, 2.05) is 21.1 Å². The third-order valence-corrected chi connectivity index (χ3v) is 9.81. The van der Waals surface area contributed by atoms with Gasteiger partial charge < -0.3 is 18.9 Å². The first-order valence-corrected chi connectivity index (χ1v) is 24.1. The van der Waals surface area contributed by atoms with Gasteiger partial charge in [0.15, 0.2) is 0 Å². The Morgan fingerprint density at radius 1 is 0.525 bits per heavy atom. The number of unbranched alkanes of at least 4 members (excludes halogenated alkanes) is 8. The molecule has 0 saturated heterocycles. The van der Waals surface area contributed by atoms with Gasteiger partial charge in [0.05, 0.1) is 34.4 Å². The molecule has 8 nitrogen and oxygen atoms in total. The van der Waals surface area contributed by atoms with Crippen molar-refractivity contribution in [1.82, 2.24) is 0 Å². The maximum atomic E-state index is 12.7. The average Bonchev–Trinajstić information content (AvgIpc) is 3.19. The van der Waals surface area contributed by atoms with E-state index in [4.69, 9.17) is 18.5 Å². The number of quaternary nitrogens is 1. The van der Waals surface area contributed by atoms with Crippen molar-refractivity contribution in [1.29, 1.82) is 0 Å². The molecule has 0 radical (unpaired) electrons. The van der Waals surface area contributed by atoms with E-state index < -0.39 is 13.9 Å². The van der Waals surface area contributed by atoms with E-state index in [1.54, 1.807) is 0 Å². The molecule has 0 aromatic heterocycles. The van der Waals surface area contributed by atoms with Gasteiger partial charge >= 0.3 is 13.8 Å². The average molecular weight is 843 g/mol. The fourth-order valence-electron chi connectivity index (χ4n) is 5.39. The van der Waals surface area contributed by atoms with Crippen molar-refractivity contribution in [3.63, 3.8) is 0 Å². The third kappa shape index (κ3) is 46.1. The van der Waals surface area contributed by atoms with Gasteiger partial charge in [-0.1, -0.05) is 149 Å². The SMILES string of the molecule is CC/C=C\C/C=C\C/C=C\C/C=C\C/C=C\CCCCCCCC(=O)OC(COCCCCC/C=C\C/C=C\C/C=C\C/C=C\CC)COP(=O)(O)OCC[N+](C)(C)C. The molecule has 2 unspecified atom stereocenters. The number of hydrogen-bond acceptors (Lipinski definition) is 6. The van der Waals surface area contributed by atoms with Crippen LogP contribution in [0, 0.1) is 0 Å². The highest BCUT2D eigenvalue weighted by Crippen LogP contribution is 2.43. The molecule has 2 atom stereocenters. The molecule has 9 heteroatoms. The fourth-order valence-corrected chi connectivity index (χ4v) is 6.13. The Morgan fingerprint density at radius 2 is 0.932 bits per heavy atom. The number of rotatable bonds is 40. The minimum atomic E-state index is -4.30. The molecule has 0 spiro atoms. The highest BCUT2D eigenvalue weighted by molar-refractivity contribution is 7.47. The van der Waals surface area contributed by atoms with Crippen molar-refractivity contribution in [3.8, 4) is 0 Å².